The molecule has 0 spiro atoms. The van der Waals surface area contributed by atoms with Crippen LogP contribution in [0.1, 0.15) is 0 Å². The highest BCUT2D eigenvalue weighted by Gasteiger charge is 2.17. The van der Waals surface area contributed by atoms with E-state index in [0.29, 0.717) is 0 Å². The van der Waals surface area contributed by atoms with E-state index >= 15 is 0 Å². The number of amides is 2. The fraction of sp³-hybridized carbons (Fsp3) is 0.200. The number of nitrogens with zero attached hydrogens (tertiary/aromatic N) is 1. The van der Waals surface area contributed by atoms with Gasteiger partial charge < -0.3 is 10.3 Å². The first-order valence-corrected chi connectivity index (χ1v) is 5.04. The van der Waals surface area contributed by atoms with E-state index in [2.05, 4.69) is 20.6 Å². The van der Waals surface area contributed by atoms with Crippen molar-refractivity contribution in [3.63, 3.8) is 0 Å². The number of urea groups is 1. The van der Waals surface area contributed by atoms with Crippen molar-refractivity contribution >= 4 is 21.9 Å². The van der Waals surface area contributed by atoms with Gasteiger partial charge in [0.05, 0.1) is 6.33 Å². The quantitative estimate of drug-likeness (QED) is 0.498. The highest BCUT2D eigenvalue weighted by Crippen LogP contribution is 2.13. The van der Waals surface area contributed by atoms with Gasteiger partial charge in [0.1, 0.15) is 0 Å². The summed E-state index contributed by atoms with van der Waals surface area (Å²) in [5.74, 6) is -0.133. The Bertz CT molecular complexity index is 436. The van der Waals surface area contributed by atoms with Crippen molar-refractivity contribution in [1.82, 2.24) is 15.3 Å². The summed E-state index contributed by atoms with van der Waals surface area (Å²) in [7, 11) is -2.52. The number of sulfonamides is 1. The van der Waals surface area contributed by atoms with E-state index in [1.807, 2.05) is 0 Å². The molecule has 0 atom stereocenters. The van der Waals surface area contributed by atoms with Gasteiger partial charge in [0, 0.05) is 7.05 Å². The van der Waals surface area contributed by atoms with Gasteiger partial charge >= 0.3 is 6.03 Å². The fourth-order valence-electron chi connectivity index (χ4n) is 0.758. The molecule has 0 aliphatic heterocycles. The van der Waals surface area contributed by atoms with Crippen LogP contribution in [0.2, 0.25) is 0 Å². The van der Waals surface area contributed by atoms with Crippen LogP contribution in [-0.2, 0) is 10.0 Å². The number of primary sulfonamides is 1. The number of rotatable bonds is 2. The molecule has 0 fully saturated rings. The lowest BCUT2D eigenvalue weighted by atomic mass is 10.7. The van der Waals surface area contributed by atoms with Gasteiger partial charge in [-0.05, 0) is 0 Å². The molecule has 0 unspecified atom stereocenters. The first kappa shape index (κ1) is 10.5. The summed E-state index contributed by atoms with van der Waals surface area (Å²) in [6.07, 6.45) is 1.12. The number of hydrogen-bond acceptors (Lipinski definition) is 4. The third-order valence-corrected chi connectivity index (χ3v) is 2.23. The zero-order valence-corrected chi connectivity index (χ0v) is 8.05. The summed E-state index contributed by atoms with van der Waals surface area (Å²) in [4.78, 5) is 16.7. The summed E-state index contributed by atoms with van der Waals surface area (Å²) in [6.45, 7) is 0. The van der Waals surface area contributed by atoms with Crippen LogP contribution in [0.3, 0.4) is 0 Å². The minimum Gasteiger partial charge on any atom is -0.341 e. The topological polar surface area (TPSA) is 130 Å². The minimum atomic E-state index is -3.90. The Balaban J connectivity index is 3.00. The van der Waals surface area contributed by atoms with Crippen molar-refractivity contribution in [2.75, 3.05) is 12.4 Å². The molecule has 78 valence electrons. The normalized spacial score (nSPS) is 11.0. The predicted octanol–water partition coefficient (Wildman–Crippen LogP) is -1.19. The van der Waals surface area contributed by atoms with Gasteiger partial charge in [-0.15, -0.1) is 0 Å². The molecule has 2 amide bonds. The molecule has 0 aliphatic rings. The second-order valence-electron chi connectivity index (χ2n) is 2.33. The van der Waals surface area contributed by atoms with E-state index in [4.69, 9.17) is 5.14 Å². The van der Waals surface area contributed by atoms with E-state index in [1.54, 1.807) is 0 Å². The lowest BCUT2D eigenvalue weighted by Crippen LogP contribution is -2.26. The van der Waals surface area contributed by atoms with Crippen molar-refractivity contribution in [3.05, 3.63) is 6.33 Å². The molecule has 0 saturated heterocycles. The maximum Gasteiger partial charge on any atom is 0.320 e. The van der Waals surface area contributed by atoms with Gasteiger partial charge in [-0.3, -0.25) is 5.32 Å². The van der Waals surface area contributed by atoms with Gasteiger partial charge in [0.15, 0.2) is 10.8 Å². The first-order valence-electron chi connectivity index (χ1n) is 3.50. The molecule has 5 N–H and O–H groups in total. The molecule has 1 aromatic rings. The van der Waals surface area contributed by atoms with Crippen LogP contribution in [-0.4, -0.2) is 31.5 Å². The fourth-order valence-corrected chi connectivity index (χ4v) is 1.35. The smallest absolute Gasteiger partial charge is 0.320 e. The number of anilines is 1. The Kier molecular flexibility index (Phi) is 2.72. The van der Waals surface area contributed by atoms with Crippen molar-refractivity contribution in [2.45, 2.75) is 5.03 Å². The zero-order chi connectivity index (χ0) is 10.8. The van der Waals surface area contributed by atoms with E-state index < -0.39 is 16.1 Å². The Hall–Kier alpha value is -1.61. The predicted molar refractivity (Wildman–Crippen MR) is 48.0 cm³/mol. The van der Waals surface area contributed by atoms with Gasteiger partial charge in [-0.25, -0.2) is 23.3 Å². The number of carbonyl (C=O) groups excluding carboxylic acids is 1. The van der Waals surface area contributed by atoms with Crippen LogP contribution in [0.5, 0.6) is 0 Å². The average molecular weight is 219 g/mol. The summed E-state index contributed by atoms with van der Waals surface area (Å²) in [6, 6.07) is -0.581. The van der Waals surface area contributed by atoms with Crippen LogP contribution >= 0.6 is 0 Å². The molecule has 9 heteroatoms. The summed E-state index contributed by atoms with van der Waals surface area (Å²) >= 11 is 0. The first-order chi connectivity index (χ1) is 6.45. The second kappa shape index (κ2) is 3.64. The highest BCUT2D eigenvalue weighted by molar-refractivity contribution is 7.89. The molecule has 0 radical (unpaired) electrons. The van der Waals surface area contributed by atoms with Crippen LogP contribution in [0, 0.1) is 0 Å². The third-order valence-electron chi connectivity index (χ3n) is 1.35. The summed E-state index contributed by atoms with van der Waals surface area (Å²) in [5, 5.41) is 8.95. The number of imidazole rings is 1. The minimum absolute atomic E-state index is 0.133. The number of aromatic nitrogens is 2. The number of nitrogens with one attached hydrogen (secondary N) is 3. The SMILES string of the molecule is CNC(=O)Nc1nc[nH]c1S(N)(=O)=O. The highest BCUT2D eigenvalue weighted by atomic mass is 32.2. The molecular formula is C5H9N5O3S. The number of nitrogens with two attached hydrogens (primary N) is 1. The number of carbonyl (C=O) groups is 1. The van der Waals surface area contributed by atoms with Crippen molar-refractivity contribution < 1.29 is 13.2 Å². The number of H-pyrrole nitrogens is 1. The summed E-state index contributed by atoms with van der Waals surface area (Å²) < 4.78 is 21.8. The molecule has 0 aromatic carbocycles. The zero-order valence-electron chi connectivity index (χ0n) is 7.23. The third kappa shape index (κ3) is 2.20. The Labute approximate surface area is 80.0 Å². The molecule has 14 heavy (non-hydrogen) atoms. The molecule has 0 bridgehead atoms. The van der Waals surface area contributed by atoms with E-state index in [1.165, 1.54) is 7.05 Å². The lowest BCUT2D eigenvalue weighted by Gasteiger charge is -2.01. The van der Waals surface area contributed by atoms with E-state index in [0.717, 1.165) is 6.33 Å². The van der Waals surface area contributed by atoms with Gasteiger partial charge in [-0.1, -0.05) is 0 Å². The van der Waals surface area contributed by atoms with E-state index in [9.17, 15) is 13.2 Å². The van der Waals surface area contributed by atoms with Crippen LogP contribution < -0.4 is 15.8 Å². The molecule has 1 rings (SSSR count). The molecule has 1 heterocycles. The molecule has 0 saturated carbocycles. The Morgan fingerprint density at radius 2 is 2.29 bits per heavy atom. The standard InChI is InChI=1S/C5H9N5O3S/c1-7-5(11)10-3-4(9-2-8-3)14(6,12)13/h2H,1H3,(H,8,9)(H2,6,12,13)(H2,7,10,11). The maximum atomic E-state index is 10.9. The summed E-state index contributed by atoms with van der Waals surface area (Å²) in [5.41, 5.74) is 0. The second-order valence-corrected chi connectivity index (χ2v) is 3.83. The van der Waals surface area contributed by atoms with Crippen molar-refractivity contribution in [2.24, 2.45) is 5.14 Å². The Morgan fingerprint density at radius 3 is 2.79 bits per heavy atom. The monoisotopic (exact) mass is 219 g/mol. The van der Waals surface area contributed by atoms with Gasteiger partial charge in [0.25, 0.3) is 10.0 Å². The molecule has 1 aromatic heterocycles. The maximum absolute atomic E-state index is 10.9. The molecule has 0 aliphatic carbocycles. The number of aromatic amines is 1. The van der Waals surface area contributed by atoms with Gasteiger partial charge in [-0.2, -0.15) is 0 Å². The van der Waals surface area contributed by atoms with Crippen molar-refractivity contribution in [1.29, 1.82) is 0 Å². The molecular weight excluding hydrogens is 210 g/mol. The van der Waals surface area contributed by atoms with Crippen LogP contribution in [0.4, 0.5) is 10.6 Å². The van der Waals surface area contributed by atoms with E-state index in [-0.39, 0.29) is 10.8 Å². The van der Waals surface area contributed by atoms with Crippen LogP contribution in [0.25, 0.3) is 0 Å². The molecule has 8 nitrogen and oxygen atoms in total. The largest absolute Gasteiger partial charge is 0.341 e. The number of hydrogen-bond donors (Lipinski definition) is 4. The van der Waals surface area contributed by atoms with Crippen molar-refractivity contribution in [3.8, 4) is 0 Å². The van der Waals surface area contributed by atoms with Crippen LogP contribution in [0.15, 0.2) is 11.4 Å². The Morgan fingerprint density at radius 1 is 1.64 bits per heavy atom. The average Bonchev–Trinajstić information content (AvgIpc) is 2.51. The lowest BCUT2D eigenvalue weighted by molar-refractivity contribution is 0.254. The van der Waals surface area contributed by atoms with Gasteiger partial charge in [0.2, 0.25) is 0 Å².